The molecule has 1 aliphatic rings. The Morgan fingerprint density at radius 3 is 2.48 bits per heavy atom. The maximum absolute atomic E-state index is 13.4. The van der Waals surface area contributed by atoms with Gasteiger partial charge in [0.2, 0.25) is 5.91 Å². The maximum Gasteiger partial charge on any atom is 0.264 e. The normalized spacial score (nSPS) is 14.9. The fraction of sp³-hybridized carbons (Fsp3) is 0.409. The third-order valence-electron chi connectivity index (χ3n) is 5.19. The molecule has 2 aromatic rings. The van der Waals surface area contributed by atoms with Crippen LogP contribution < -0.4 is 9.62 Å². The highest BCUT2D eigenvalue weighted by Crippen LogP contribution is 2.29. The van der Waals surface area contributed by atoms with Crippen molar-refractivity contribution < 1.29 is 17.9 Å². The second kappa shape index (κ2) is 10.5. The van der Waals surface area contributed by atoms with E-state index in [1.807, 2.05) is 6.92 Å². The number of hydrogen-bond donors (Lipinski definition) is 1. The monoisotopic (exact) mass is 465 g/mol. The van der Waals surface area contributed by atoms with Crippen molar-refractivity contribution >= 4 is 33.2 Å². The van der Waals surface area contributed by atoms with Crippen LogP contribution in [0.2, 0.25) is 5.02 Å². The van der Waals surface area contributed by atoms with Crippen LogP contribution in [0.15, 0.2) is 47.4 Å². The maximum atomic E-state index is 13.4. The van der Waals surface area contributed by atoms with Gasteiger partial charge < -0.3 is 10.1 Å². The van der Waals surface area contributed by atoms with Crippen molar-refractivity contribution in [3.8, 4) is 0 Å². The number of hydrogen-bond acceptors (Lipinski definition) is 5. The Hall–Kier alpha value is -2.13. The molecule has 0 radical (unpaired) electrons. The molecule has 0 atom stereocenters. The van der Waals surface area contributed by atoms with Crippen LogP contribution in [0.1, 0.15) is 11.1 Å². The van der Waals surface area contributed by atoms with E-state index in [2.05, 4.69) is 10.2 Å². The van der Waals surface area contributed by atoms with E-state index < -0.39 is 10.0 Å². The molecule has 1 fully saturated rings. The quantitative estimate of drug-likeness (QED) is 0.648. The van der Waals surface area contributed by atoms with Gasteiger partial charge in [-0.2, -0.15) is 0 Å². The van der Waals surface area contributed by atoms with Crippen molar-refractivity contribution in [1.29, 1.82) is 0 Å². The van der Waals surface area contributed by atoms with E-state index in [1.165, 1.54) is 0 Å². The average molecular weight is 466 g/mol. The highest BCUT2D eigenvalue weighted by molar-refractivity contribution is 7.92. The van der Waals surface area contributed by atoms with Gasteiger partial charge in [0.1, 0.15) is 6.54 Å². The van der Waals surface area contributed by atoms with Crippen LogP contribution in [0.3, 0.4) is 0 Å². The van der Waals surface area contributed by atoms with Crippen LogP contribution in [0, 0.1) is 13.8 Å². The van der Waals surface area contributed by atoms with Crippen molar-refractivity contribution in [3.05, 3.63) is 58.6 Å². The summed E-state index contributed by atoms with van der Waals surface area (Å²) >= 11 is 6.15. The molecule has 0 unspecified atom stereocenters. The summed E-state index contributed by atoms with van der Waals surface area (Å²) in [5, 5.41) is 3.24. The summed E-state index contributed by atoms with van der Waals surface area (Å²) in [5.74, 6) is -0.372. The van der Waals surface area contributed by atoms with Gasteiger partial charge in [-0.25, -0.2) is 8.42 Å². The lowest BCUT2D eigenvalue weighted by molar-refractivity contribution is -0.119. The SMILES string of the molecule is Cc1ccc(S(=O)(=O)N(CC(=O)NCCN2CCOCC2)c2cc(Cl)ccc2C)cc1. The highest BCUT2D eigenvalue weighted by Gasteiger charge is 2.28. The lowest BCUT2D eigenvalue weighted by Crippen LogP contribution is -2.45. The van der Waals surface area contributed by atoms with Crippen molar-refractivity contribution in [2.75, 3.05) is 50.2 Å². The fourth-order valence-electron chi connectivity index (χ4n) is 3.35. The molecule has 1 saturated heterocycles. The van der Waals surface area contributed by atoms with Gasteiger partial charge in [-0.1, -0.05) is 35.4 Å². The number of carbonyl (C=O) groups excluding carboxylic acids is 1. The van der Waals surface area contributed by atoms with E-state index in [-0.39, 0.29) is 17.3 Å². The first-order chi connectivity index (χ1) is 14.8. The first kappa shape index (κ1) is 23.5. The number of halogens is 1. The van der Waals surface area contributed by atoms with Crippen LogP contribution in [0.4, 0.5) is 5.69 Å². The van der Waals surface area contributed by atoms with E-state index in [1.54, 1.807) is 49.4 Å². The summed E-state index contributed by atoms with van der Waals surface area (Å²) < 4.78 is 33.3. The molecule has 1 N–H and O–H groups in total. The van der Waals surface area contributed by atoms with Crippen LogP contribution in [-0.4, -0.2) is 65.2 Å². The number of ether oxygens (including phenoxy) is 1. The van der Waals surface area contributed by atoms with Crippen molar-refractivity contribution in [2.45, 2.75) is 18.7 Å². The molecule has 9 heteroatoms. The Morgan fingerprint density at radius 2 is 1.81 bits per heavy atom. The first-order valence-electron chi connectivity index (χ1n) is 10.2. The molecular weight excluding hydrogens is 438 g/mol. The Bertz CT molecular complexity index is 1010. The molecule has 1 amide bonds. The van der Waals surface area contributed by atoms with E-state index in [9.17, 15) is 13.2 Å². The lowest BCUT2D eigenvalue weighted by Gasteiger charge is -2.27. The smallest absolute Gasteiger partial charge is 0.264 e. The molecular formula is C22H28ClN3O4S. The minimum absolute atomic E-state index is 0.124. The molecule has 7 nitrogen and oxygen atoms in total. The first-order valence-corrected chi connectivity index (χ1v) is 12.0. The summed E-state index contributed by atoms with van der Waals surface area (Å²) in [4.78, 5) is 15.0. The van der Waals surface area contributed by atoms with Gasteiger partial charge in [0.25, 0.3) is 10.0 Å². The van der Waals surface area contributed by atoms with Crippen molar-refractivity contribution in [3.63, 3.8) is 0 Å². The number of anilines is 1. The number of sulfonamides is 1. The van der Waals surface area contributed by atoms with Crippen molar-refractivity contribution in [1.82, 2.24) is 10.2 Å². The summed E-state index contributed by atoms with van der Waals surface area (Å²) in [6.07, 6.45) is 0. The molecule has 0 aromatic heterocycles. The molecule has 0 bridgehead atoms. The van der Waals surface area contributed by atoms with E-state index in [0.29, 0.717) is 42.6 Å². The van der Waals surface area contributed by atoms with E-state index in [4.69, 9.17) is 16.3 Å². The summed E-state index contributed by atoms with van der Waals surface area (Å²) in [6.45, 7) is 7.49. The zero-order chi connectivity index (χ0) is 22.4. The topological polar surface area (TPSA) is 79.0 Å². The Balaban J connectivity index is 1.79. The van der Waals surface area contributed by atoms with E-state index >= 15 is 0 Å². The number of aryl methyl sites for hydroxylation is 2. The van der Waals surface area contributed by atoms with Gasteiger partial charge >= 0.3 is 0 Å². The van der Waals surface area contributed by atoms with Crippen LogP contribution in [-0.2, 0) is 19.6 Å². The summed E-state index contributed by atoms with van der Waals surface area (Å²) in [7, 11) is -3.96. The Kier molecular flexibility index (Phi) is 7.94. The molecule has 2 aromatic carbocycles. The molecule has 0 aliphatic carbocycles. The Morgan fingerprint density at radius 1 is 1.13 bits per heavy atom. The standard InChI is InChI=1S/C22H28ClN3O4S/c1-17-3-7-20(8-4-17)31(28,29)26(21-15-19(23)6-5-18(21)2)16-22(27)24-9-10-25-11-13-30-14-12-25/h3-8,15H,9-14,16H2,1-2H3,(H,24,27). The predicted molar refractivity (Wildman–Crippen MR) is 122 cm³/mol. The number of nitrogens with one attached hydrogen (secondary N) is 1. The average Bonchev–Trinajstić information content (AvgIpc) is 2.75. The number of rotatable bonds is 8. The minimum Gasteiger partial charge on any atom is -0.379 e. The van der Waals surface area contributed by atoms with Gasteiger partial charge in [-0.3, -0.25) is 14.0 Å². The number of amides is 1. The Labute approximate surface area is 189 Å². The second-order valence-corrected chi connectivity index (χ2v) is 9.86. The molecule has 0 spiro atoms. The minimum atomic E-state index is -3.96. The molecule has 31 heavy (non-hydrogen) atoms. The molecule has 0 saturated carbocycles. The summed E-state index contributed by atoms with van der Waals surface area (Å²) in [6, 6.07) is 11.6. The second-order valence-electron chi connectivity index (χ2n) is 7.56. The van der Waals surface area contributed by atoms with Gasteiger partial charge in [-0.05, 0) is 43.7 Å². The van der Waals surface area contributed by atoms with Crippen LogP contribution >= 0.6 is 11.6 Å². The van der Waals surface area contributed by atoms with Crippen LogP contribution in [0.25, 0.3) is 0 Å². The zero-order valence-corrected chi connectivity index (χ0v) is 19.4. The summed E-state index contributed by atoms with van der Waals surface area (Å²) in [5.41, 5.74) is 2.04. The van der Waals surface area contributed by atoms with Gasteiger partial charge in [0.15, 0.2) is 0 Å². The van der Waals surface area contributed by atoms with Gasteiger partial charge in [0.05, 0.1) is 23.8 Å². The van der Waals surface area contributed by atoms with E-state index in [0.717, 1.165) is 23.0 Å². The molecule has 3 rings (SSSR count). The third-order valence-corrected chi connectivity index (χ3v) is 7.20. The largest absolute Gasteiger partial charge is 0.379 e. The molecule has 1 heterocycles. The number of benzene rings is 2. The van der Waals surface area contributed by atoms with Crippen LogP contribution in [0.5, 0.6) is 0 Å². The van der Waals surface area contributed by atoms with Crippen molar-refractivity contribution in [2.24, 2.45) is 0 Å². The van der Waals surface area contributed by atoms with Gasteiger partial charge in [-0.15, -0.1) is 0 Å². The lowest BCUT2D eigenvalue weighted by atomic mass is 10.2. The number of nitrogens with zero attached hydrogens (tertiary/aromatic N) is 2. The van der Waals surface area contributed by atoms with Gasteiger partial charge in [0, 0.05) is 31.2 Å². The number of morpholine rings is 1. The predicted octanol–water partition coefficient (Wildman–Crippen LogP) is 2.60. The number of carbonyl (C=O) groups is 1. The highest BCUT2D eigenvalue weighted by atomic mass is 35.5. The molecule has 168 valence electrons. The fourth-order valence-corrected chi connectivity index (χ4v) is 5.00. The molecule has 1 aliphatic heterocycles. The zero-order valence-electron chi connectivity index (χ0n) is 17.8. The third kappa shape index (κ3) is 6.20.